The van der Waals surface area contributed by atoms with Gasteiger partial charge in [-0.25, -0.2) is 0 Å². The summed E-state index contributed by atoms with van der Waals surface area (Å²) in [4.78, 5) is 17.6. The van der Waals surface area contributed by atoms with Crippen LogP contribution in [-0.2, 0) is 9.53 Å². The van der Waals surface area contributed by atoms with E-state index in [9.17, 15) is 4.79 Å². The SMILES string of the molecule is CC(C(=O)N(C)C(C)C)N1CCOC(c2ccc(Cl)s2)C1. The monoisotopic (exact) mass is 330 g/mol. The van der Waals surface area contributed by atoms with E-state index in [1.54, 1.807) is 16.2 Å². The fraction of sp³-hybridized carbons (Fsp3) is 0.667. The lowest BCUT2D eigenvalue weighted by atomic mass is 10.1. The van der Waals surface area contributed by atoms with Gasteiger partial charge < -0.3 is 9.64 Å². The van der Waals surface area contributed by atoms with E-state index in [0.29, 0.717) is 6.61 Å². The van der Waals surface area contributed by atoms with Crippen molar-refractivity contribution in [2.75, 3.05) is 26.7 Å². The van der Waals surface area contributed by atoms with E-state index >= 15 is 0 Å². The van der Waals surface area contributed by atoms with Crippen LogP contribution in [0.2, 0.25) is 4.34 Å². The molecular weight excluding hydrogens is 308 g/mol. The zero-order valence-electron chi connectivity index (χ0n) is 13.0. The van der Waals surface area contributed by atoms with Crippen molar-refractivity contribution in [1.29, 1.82) is 0 Å². The van der Waals surface area contributed by atoms with E-state index in [0.717, 1.165) is 22.3 Å². The molecule has 21 heavy (non-hydrogen) atoms. The minimum atomic E-state index is -0.126. The maximum absolute atomic E-state index is 12.5. The first-order valence-corrected chi connectivity index (χ1v) is 8.47. The molecule has 4 nitrogen and oxygen atoms in total. The number of morpholine rings is 1. The fourth-order valence-electron chi connectivity index (χ4n) is 2.40. The number of carbonyl (C=O) groups excluding carboxylic acids is 1. The third kappa shape index (κ3) is 3.97. The number of amides is 1. The maximum Gasteiger partial charge on any atom is 0.239 e. The average Bonchev–Trinajstić information content (AvgIpc) is 2.91. The fourth-order valence-corrected chi connectivity index (χ4v) is 3.50. The second-order valence-electron chi connectivity index (χ2n) is 5.72. The summed E-state index contributed by atoms with van der Waals surface area (Å²) >= 11 is 7.54. The summed E-state index contributed by atoms with van der Waals surface area (Å²) < 4.78 is 6.60. The highest BCUT2D eigenvalue weighted by atomic mass is 35.5. The van der Waals surface area contributed by atoms with E-state index < -0.39 is 0 Å². The molecule has 2 rings (SSSR count). The predicted octanol–water partition coefficient (Wildman–Crippen LogP) is 3.03. The van der Waals surface area contributed by atoms with Gasteiger partial charge >= 0.3 is 0 Å². The van der Waals surface area contributed by atoms with Gasteiger partial charge in [-0.3, -0.25) is 9.69 Å². The van der Waals surface area contributed by atoms with E-state index in [1.807, 2.05) is 40.0 Å². The van der Waals surface area contributed by atoms with Crippen molar-refractivity contribution >= 4 is 28.8 Å². The lowest BCUT2D eigenvalue weighted by molar-refractivity contribution is -0.139. The first-order valence-electron chi connectivity index (χ1n) is 7.27. The van der Waals surface area contributed by atoms with Crippen molar-refractivity contribution in [3.8, 4) is 0 Å². The Morgan fingerprint density at radius 1 is 1.48 bits per heavy atom. The largest absolute Gasteiger partial charge is 0.370 e. The van der Waals surface area contributed by atoms with E-state index in [1.165, 1.54) is 0 Å². The summed E-state index contributed by atoms with van der Waals surface area (Å²) in [5, 5.41) is 0. The average molecular weight is 331 g/mol. The Bertz CT molecular complexity index is 492. The Kier molecular flexibility index (Phi) is 5.66. The van der Waals surface area contributed by atoms with Gasteiger partial charge in [0.25, 0.3) is 0 Å². The van der Waals surface area contributed by atoms with Crippen LogP contribution in [0.5, 0.6) is 0 Å². The van der Waals surface area contributed by atoms with Crippen molar-refractivity contribution in [2.24, 2.45) is 0 Å². The van der Waals surface area contributed by atoms with Crippen molar-refractivity contribution in [1.82, 2.24) is 9.80 Å². The Balaban J connectivity index is 2.02. The molecule has 1 amide bonds. The molecule has 1 aromatic rings. The van der Waals surface area contributed by atoms with Crippen molar-refractivity contribution in [3.05, 3.63) is 21.3 Å². The molecule has 6 heteroatoms. The molecule has 1 aromatic heterocycles. The highest BCUT2D eigenvalue weighted by molar-refractivity contribution is 7.16. The molecule has 2 unspecified atom stereocenters. The summed E-state index contributed by atoms with van der Waals surface area (Å²) in [6, 6.07) is 3.99. The molecule has 0 spiro atoms. The Morgan fingerprint density at radius 3 is 2.76 bits per heavy atom. The molecule has 1 aliphatic heterocycles. The standard InChI is InChI=1S/C15H23ClN2O2S/c1-10(2)17(4)15(19)11(3)18-7-8-20-12(9-18)13-5-6-14(16)21-13/h5-6,10-12H,7-9H2,1-4H3. The summed E-state index contributed by atoms with van der Waals surface area (Å²) in [6.45, 7) is 8.19. The Morgan fingerprint density at radius 2 is 2.19 bits per heavy atom. The second-order valence-corrected chi connectivity index (χ2v) is 7.46. The number of hydrogen-bond donors (Lipinski definition) is 0. The lowest BCUT2D eigenvalue weighted by Gasteiger charge is -2.37. The summed E-state index contributed by atoms with van der Waals surface area (Å²) in [6.07, 6.45) is 0.0101. The molecule has 0 radical (unpaired) electrons. The lowest BCUT2D eigenvalue weighted by Crippen LogP contribution is -2.51. The Hall–Kier alpha value is -0.620. The van der Waals surface area contributed by atoms with Gasteiger partial charge in [0.05, 0.1) is 17.0 Å². The molecule has 0 aliphatic carbocycles. The molecule has 2 heterocycles. The minimum absolute atomic E-state index is 0.0101. The first-order chi connectivity index (χ1) is 9.90. The van der Waals surface area contributed by atoms with Crippen molar-refractivity contribution < 1.29 is 9.53 Å². The van der Waals surface area contributed by atoms with Crippen molar-refractivity contribution in [2.45, 2.75) is 39.0 Å². The minimum Gasteiger partial charge on any atom is -0.370 e. The molecule has 118 valence electrons. The predicted molar refractivity (Wildman–Crippen MR) is 87.0 cm³/mol. The zero-order chi connectivity index (χ0) is 15.6. The van der Waals surface area contributed by atoms with E-state index in [4.69, 9.17) is 16.3 Å². The molecule has 0 aromatic carbocycles. The molecule has 2 atom stereocenters. The van der Waals surface area contributed by atoms with Crippen LogP contribution >= 0.6 is 22.9 Å². The maximum atomic E-state index is 12.5. The van der Waals surface area contributed by atoms with Crippen LogP contribution in [0.3, 0.4) is 0 Å². The molecule has 1 aliphatic rings. The number of carbonyl (C=O) groups is 1. The van der Waals surface area contributed by atoms with E-state index in [2.05, 4.69) is 4.90 Å². The van der Waals surface area contributed by atoms with Gasteiger partial charge in [-0.05, 0) is 32.9 Å². The number of hydrogen-bond acceptors (Lipinski definition) is 4. The van der Waals surface area contributed by atoms with Crippen molar-refractivity contribution in [3.63, 3.8) is 0 Å². The topological polar surface area (TPSA) is 32.8 Å². The van der Waals surface area contributed by atoms with Crippen LogP contribution in [0.15, 0.2) is 12.1 Å². The van der Waals surface area contributed by atoms with E-state index in [-0.39, 0.29) is 24.1 Å². The molecule has 0 N–H and O–H groups in total. The van der Waals surface area contributed by atoms with Gasteiger partial charge in [-0.2, -0.15) is 0 Å². The van der Waals surface area contributed by atoms with Crippen LogP contribution in [0.25, 0.3) is 0 Å². The number of halogens is 1. The van der Waals surface area contributed by atoms with Crippen LogP contribution < -0.4 is 0 Å². The van der Waals surface area contributed by atoms with Gasteiger partial charge in [-0.1, -0.05) is 11.6 Å². The number of ether oxygens (including phenoxy) is 1. The quantitative estimate of drug-likeness (QED) is 0.850. The summed E-state index contributed by atoms with van der Waals surface area (Å²) in [5.74, 6) is 0.162. The molecule has 0 saturated carbocycles. The van der Waals surface area contributed by atoms with Crippen LogP contribution in [0.4, 0.5) is 0 Å². The number of thiophene rings is 1. The number of likely N-dealkylation sites (N-methyl/N-ethyl adjacent to an activating group) is 1. The third-order valence-electron chi connectivity index (χ3n) is 4.04. The normalized spacial score (nSPS) is 21.5. The summed E-state index contributed by atoms with van der Waals surface area (Å²) in [5.41, 5.74) is 0. The highest BCUT2D eigenvalue weighted by Crippen LogP contribution is 2.31. The van der Waals surface area contributed by atoms with Gasteiger partial charge in [0, 0.05) is 31.1 Å². The molecule has 0 bridgehead atoms. The first kappa shape index (κ1) is 16.7. The Labute approximate surface area is 135 Å². The zero-order valence-corrected chi connectivity index (χ0v) is 14.6. The van der Waals surface area contributed by atoms with Crippen LogP contribution in [-0.4, -0.2) is 54.5 Å². The third-order valence-corrected chi connectivity index (χ3v) is 5.36. The highest BCUT2D eigenvalue weighted by Gasteiger charge is 2.31. The smallest absolute Gasteiger partial charge is 0.239 e. The number of nitrogens with zero attached hydrogens (tertiary/aromatic N) is 2. The second kappa shape index (κ2) is 7.09. The number of rotatable bonds is 4. The van der Waals surface area contributed by atoms with Gasteiger partial charge in [-0.15, -0.1) is 11.3 Å². The van der Waals surface area contributed by atoms with Gasteiger partial charge in [0.1, 0.15) is 6.10 Å². The van der Waals surface area contributed by atoms with Crippen LogP contribution in [0, 0.1) is 0 Å². The molecule has 1 fully saturated rings. The molecule has 1 saturated heterocycles. The van der Waals surface area contributed by atoms with Gasteiger partial charge in [0.2, 0.25) is 5.91 Å². The van der Waals surface area contributed by atoms with Crippen LogP contribution in [0.1, 0.15) is 31.8 Å². The molecular formula is C15H23ClN2O2S. The summed E-state index contributed by atoms with van der Waals surface area (Å²) in [7, 11) is 1.86. The van der Waals surface area contributed by atoms with Gasteiger partial charge in [0.15, 0.2) is 0 Å².